The second-order valence-corrected chi connectivity index (χ2v) is 4.47. The Hall–Kier alpha value is -1.53. The van der Waals surface area contributed by atoms with Gasteiger partial charge in [0.15, 0.2) is 5.13 Å². The molecule has 1 aromatic carbocycles. The maximum Gasteiger partial charge on any atom is 0.184 e. The van der Waals surface area contributed by atoms with E-state index in [4.69, 9.17) is 6.42 Å². The summed E-state index contributed by atoms with van der Waals surface area (Å²) in [6.07, 6.45) is 5.97. The molecule has 1 aromatic heterocycles. The van der Waals surface area contributed by atoms with E-state index in [1.54, 1.807) is 11.3 Å². The van der Waals surface area contributed by atoms with E-state index < -0.39 is 0 Å². The average Bonchev–Trinajstić information content (AvgIpc) is 2.59. The van der Waals surface area contributed by atoms with Crippen molar-refractivity contribution in [2.45, 2.75) is 19.4 Å². The number of benzene rings is 1. The molecule has 0 aliphatic rings. The number of nitrogens with zero attached hydrogens (tertiary/aromatic N) is 1. The molecule has 0 spiro atoms. The van der Waals surface area contributed by atoms with E-state index in [1.807, 2.05) is 18.2 Å². The second kappa shape index (κ2) is 4.33. The lowest BCUT2D eigenvalue weighted by atomic mass is 10.2. The summed E-state index contributed by atoms with van der Waals surface area (Å²) in [7, 11) is 0. The van der Waals surface area contributed by atoms with Crippen LogP contribution in [0.3, 0.4) is 0 Å². The minimum atomic E-state index is 0.274. The van der Waals surface area contributed by atoms with Crippen molar-refractivity contribution in [2.24, 2.45) is 0 Å². The third-order valence-electron chi connectivity index (χ3n) is 2.09. The van der Waals surface area contributed by atoms with Crippen LogP contribution in [0.25, 0.3) is 10.2 Å². The molecule has 2 rings (SSSR count). The number of anilines is 1. The number of terminal acetylenes is 1. The minimum absolute atomic E-state index is 0.274. The number of para-hydroxylation sites is 1. The summed E-state index contributed by atoms with van der Waals surface area (Å²) < 4.78 is 1.20. The summed E-state index contributed by atoms with van der Waals surface area (Å²) in [4.78, 5) is 4.47. The highest BCUT2D eigenvalue weighted by Crippen LogP contribution is 2.25. The fourth-order valence-corrected chi connectivity index (χ4v) is 2.35. The number of fused-ring (bicyclic) bond motifs is 1. The van der Waals surface area contributed by atoms with Gasteiger partial charge < -0.3 is 5.32 Å². The van der Waals surface area contributed by atoms with Gasteiger partial charge in [-0.3, -0.25) is 0 Å². The Morgan fingerprint density at radius 3 is 3.07 bits per heavy atom. The number of thiazole rings is 1. The Labute approximate surface area is 93.3 Å². The van der Waals surface area contributed by atoms with Gasteiger partial charge in [0.25, 0.3) is 0 Å². The van der Waals surface area contributed by atoms with Gasteiger partial charge >= 0.3 is 0 Å². The average molecular weight is 216 g/mol. The van der Waals surface area contributed by atoms with E-state index in [0.717, 1.165) is 17.1 Å². The molecular weight excluding hydrogens is 204 g/mol. The van der Waals surface area contributed by atoms with Gasteiger partial charge in [-0.25, -0.2) is 4.98 Å². The lowest BCUT2D eigenvalue weighted by molar-refractivity contribution is 0.827. The number of hydrogen-bond donors (Lipinski definition) is 1. The largest absolute Gasteiger partial charge is 0.358 e. The van der Waals surface area contributed by atoms with Crippen molar-refractivity contribution < 1.29 is 0 Å². The predicted octanol–water partition coefficient (Wildman–Crippen LogP) is 3.12. The van der Waals surface area contributed by atoms with Crippen LogP contribution in [0, 0.1) is 12.3 Å². The van der Waals surface area contributed by atoms with Crippen LogP contribution in [-0.2, 0) is 0 Å². The number of rotatable bonds is 3. The summed E-state index contributed by atoms with van der Waals surface area (Å²) in [6, 6.07) is 8.38. The summed E-state index contributed by atoms with van der Waals surface area (Å²) in [6.45, 7) is 2.06. The molecule has 2 nitrogen and oxygen atoms in total. The van der Waals surface area contributed by atoms with Gasteiger partial charge in [0.2, 0.25) is 0 Å². The molecule has 0 bridgehead atoms. The fraction of sp³-hybridized carbons (Fsp3) is 0.250. The highest BCUT2D eigenvalue weighted by atomic mass is 32.1. The van der Waals surface area contributed by atoms with E-state index in [1.165, 1.54) is 4.70 Å². The van der Waals surface area contributed by atoms with Crippen molar-refractivity contribution >= 4 is 26.7 Å². The number of hydrogen-bond acceptors (Lipinski definition) is 3. The van der Waals surface area contributed by atoms with E-state index in [0.29, 0.717) is 0 Å². The first-order chi connectivity index (χ1) is 7.29. The van der Waals surface area contributed by atoms with E-state index in [2.05, 4.69) is 29.2 Å². The van der Waals surface area contributed by atoms with E-state index in [-0.39, 0.29) is 6.04 Å². The molecule has 1 unspecified atom stereocenters. The maximum absolute atomic E-state index is 5.25. The Morgan fingerprint density at radius 1 is 1.53 bits per heavy atom. The Morgan fingerprint density at radius 2 is 2.33 bits per heavy atom. The van der Waals surface area contributed by atoms with Gasteiger partial charge in [-0.15, -0.1) is 12.3 Å². The number of aromatic nitrogens is 1. The molecule has 0 radical (unpaired) electrons. The van der Waals surface area contributed by atoms with Gasteiger partial charge in [0, 0.05) is 12.5 Å². The number of nitrogens with one attached hydrogen (secondary N) is 1. The van der Waals surface area contributed by atoms with Crippen molar-refractivity contribution in [1.82, 2.24) is 4.98 Å². The molecule has 0 fully saturated rings. The molecule has 0 aliphatic carbocycles. The minimum Gasteiger partial charge on any atom is -0.358 e. The van der Waals surface area contributed by atoms with Crippen molar-refractivity contribution in [1.29, 1.82) is 0 Å². The lowest BCUT2D eigenvalue weighted by Gasteiger charge is -2.07. The first kappa shape index (κ1) is 10.0. The molecule has 1 heterocycles. The molecule has 0 aliphatic heterocycles. The monoisotopic (exact) mass is 216 g/mol. The van der Waals surface area contributed by atoms with E-state index in [9.17, 15) is 0 Å². The van der Waals surface area contributed by atoms with Gasteiger partial charge in [-0.1, -0.05) is 23.5 Å². The normalized spacial score (nSPS) is 12.3. The molecule has 2 aromatic rings. The molecule has 0 saturated carbocycles. The smallest absolute Gasteiger partial charge is 0.184 e. The van der Waals surface area contributed by atoms with Crippen LogP contribution in [0.2, 0.25) is 0 Å². The quantitative estimate of drug-likeness (QED) is 0.797. The molecule has 1 atom stereocenters. The first-order valence-electron chi connectivity index (χ1n) is 4.85. The molecule has 0 saturated heterocycles. The maximum atomic E-state index is 5.25. The van der Waals surface area contributed by atoms with Gasteiger partial charge in [-0.2, -0.15) is 0 Å². The molecule has 76 valence electrons. The van der Waals surface area contributed by atoms with Crippen molar-refractivity contribution in [3.8, 4) is 12.3 Å². The molecule has 15 heavy (non-hydrogen) atoms. The van der Waals surface area contributed by atoms with Gasteiger partial charge in [0.05, 0.1) is 10.2 Å². The van der Waals surface area contributed by atoms with Crippen LogP contribution in [0.4, 0.5) is 5.13 Å². The van der Waals surface area contributed by atoms with E-state index >= 15 is 0 Å². The Bertz CT molecular complexity index is 463. The topological polar surface area (TPSA) is 24.9 Å². The summed E-state index contributed by atoms with van der Waals surface area (Å²) in [5.74, 6) is 2.64. The van der Waals surface area contributed by atoms with Crippen LogP contribution in [-0.4, -0.2) is 11.0 Å². The zero-order valence-electron chi connectivity index (χ0n) is 8.53. The van der Waals surface area contributed by atoms with Gasteiger partial charge in [0.1, 0.15) is 0 Å². The first-order valence-corrected chi connectivity index (χ1v) is 5.67. The highest BCUT2D eigenvalue weighted by molar-refractivity contribution is 7.22. The van der Waals surface area contributed by atoms with Gasteiger partial charge in [-0.05, 0) is 19.1 Å². The van der Waals surface area contributed by atoms with Crippen molar-refractivity contribution in [2.75, 3.05) is 5.32 Å². The highest BCUT2D eigenvalue weighted by Gasteiger charge is 2.05. The molecule has 0 amide bonds. The van der Waals surface area contributed by atoms with Crippen molar-refractivity contribution in [3.05, 3.63) is 24.3 Å². The van der Waals surface area contributed by atoms with Crippen LogP contribution in [0.5, 0.6) is 0 Å². The molecular formula is C12H12N2S. The van der Waals surface area contributed by atoms with Crippen LogP contribution < -0.4 is 5.32 Å². The second-order valence-electron chi connectivity index (χ2n) is 3.44. The summed E-state index contributed by atoms with van der Waals surface area (Å²) >= 11 is 1.66. The van der Waals surface area contributed by atoms with Crippen LogP contribution in [0.1, 0.15) is 13.3 Å². The molecule has 1 N–H and O–H groups in total. The third-order valence-corrected chi connectivity index (χ3v) is 3.06. The SMILES string of the molecule is C#CCC(C)Nc1nc2ccccc2s1. The predicted molar refractivity (Wildman–Crippen MR) is 66.2 cm³/mol. The zero-order valence-corrected chi connectivity index (χ0v) is 9.34. The fourth-order valence-electron chi connectivity index (χ4n) is 1.37. The lowest BCUT2D eigenvalue weighted by Crippen LogP contribution is -2.13. The summed E-state index contributed by atoms with van der Waals surface area (Å²) in [5, 5.41) is 4.24. The summed E-state index contributed by atoms with van der Waals surface area (Å²) in [5.41, 5.74) is 1.04. The standard InChI is InChI=1S/C12H12N2S/c1-3-6-9(2)13-12-14-10-7-4-5-8-11(10)15-12/h1,4-5,7-9H,6H2,2H3,(H,13,14). The van der Waals surface area contributed by atoms with Crippen molar-refractivity contribution in [3.63, 3.8) is 0 Å². The van der Waals surface area contributed by atoms with Crippen LogP contribution >= 0.6 is 11.3 Å². The van der Waals surface area contributed by atoms with Crippen LogP contribution in [0.15, 0.2) is 24.3 Å². The third kappa shape index (κ3) is 2.28. The molecule has 3 heteroatoms. The Kier molecular flexibility index (Phi) is 2.89. The zero-order chi connectivity index (χ0) is 10.7. The Balaban J connectivity index is 2.19.